The smallest absolute Gasteiger partial charge is 0.123 e. The van der Waals surface area contributed by atoms with Gasteiger partial charge >= 0.3 is 0 Å². The number of benzene rings is 1. The standard InChI is InChI=1S/C27H46O/c1-21(2)12-9-13-22(3)14-10-15-23(4)16-11-19-27(6)24(5)20-25-17-7-8-18-26(25)28-27/h7-8,17-18,21-24H,9-16,19-20H2,1-6H3. The van der Waals surface area contributed by atoms with E-state index in [9.17, 15) is 0 Å². The van der Waals surface area contributed by atoms with Crippen molar-refractivity contribution in [3.63, 3.8) is 0 Å². The summed E-state index contributed by atoms with van der Waals surface area (Å²) in [5.41, 5.74) is 1.38. The van der Waals surface area contributed by atoms with E-state index in [0.29, 0.717) is 5.92 Å². The van der Waals surface area contributed by atoms with Crippen LogP contribution in [0, 0.1) is 23.7 Å². The molecule has 1 heteroatoms. The summed E-state index contributed by atoms with van der Waals surface area (Å²) in [4.78, 5) is 0. The van der Waals surface area contributed by atoms with Crippen LogP contribution in [0.15, 0.2) is 24.3 Å². The van der Waals surface area contributed by atoms with Gasteiger partial charge in [0.15, 0.2) is 0 Å². The lowest BCUT2D eigenvalue weighted by atomic mass is 9.79. The minimum absolute atomic E-state index is 0.000990. The van der Waals surface area contributed by atoms with Crippen LogP contribution in [0.5, 0.6) is 5.75 Å². The molecule has 160 valence electrons. The first-order chi connectivity index (χ1) is 13.3. The Bertz CT molecular complexity index is 563. The maximum atomic E-state index is 6.48. The largest absolute Gasteiger partial charge is 0.487 e. The Balaban J connectivity index is 1.63. The molecule has 4 atom stereocenters. The molecule has 2 rings (SSSR count). The third-order valence-corrected chi connectivity index (χ3v) is 7.13. The van der Waals surface area contributed by atoms with E-state index >= 15 is 0 Å². The first-order valence-corrected chi connectivity index (χ1v) is 12.1. The maximum Gasteiger partial charge on any atom is 0.123 e. The van der Waals surface area contributed by atoms with Crippen LogP contribution >= 0.6 is 0 Å². The Morgan fingerprint density at radius 2 is 1.46 bits per heavy atom. The summed E-state index contributed by atoms with van der Waals surface area (Å²) in [6.45, 7) is 14.3. The Morgan fingerprint density at radius 3 is 2.11 bits per heavy atom. The number of hydrogen-bond acceptors (Lipinski definition) is 1. The number of ether oxygens (including phenoxy) is 1. The SMILES string of the molecule is CC(C)CCCC(C)CCCC(C)CCCC1(C)Oc2ccccc2CC1C. The molecular weight excluding hydrogens is 340 g/mol. The second-order valence-electron chi connectivity index (χ2n) is 10.5. The average molecular weight is 387 g/mol. The summed E-state index contributed by atoms with van der Waals surface area (Å²) >= 11 is 0. The van der Waals surface area contributed by atoms with Crippen LogP contribution in [-0.4, -0.2) is 5.60 Å². The molecule has 0 aliphatic carbocycles. The molecule has 1 aromatic rings. The van der Waals surface area contributed by atoms with Crippen molar-refractivity contribution in [3.05, 3.63) is 29.8 Å². The molecule has 0 saturated heterocycles. The van der Waals surface area contributed by atoms with E-state index in [1.807, 2.05) is 0 Å². The Morgan fingerprint density at radius 1 is 0.893 bits per heavy atom. The highest BCUT2D eigenvalue weighted by molar-refractivity contribution is 5.36. The van der Waals surface area contributed by atoms with Crippen LogP contribution in [0.25, 0.3) is 0 Å². The highest BCUT2D eigenvalue weighted by atomic mass is 16.5. The van der Waals surface area contributed by atoms with Gasteiger partial charge in [-0.25, -0.2) is 0 Å². The van der Waals surface area contributed by atoms with Crippen molar-refractivity contribution >= 4 is 0 Å². The lowest BCUT2D eigenvalue weighted by Crippen LogP contribution is -2.43. The van der Waals surface area contributed by atoms with E-state index < -0.39 is 0 Å². The third-order valence-electron chi connectivity index (χ3n) is 7.13. The third kappa shape index (κ3) is 7.45. The van der Waals surface area contributed by atoms with Crippen molar-refractivity contribution in [1.29, 1.82) is 0 Å². The molecule has 4 unspecified atom stereocenters. The van der Waals surface area contributed by atoms with Crippen molar-refractivity contribution in [1.82, 2.24) is 0 Å². The minimum Gasteiger partial charge on any atom is -0.487 e. The summed E-state index contributed by atoms with van der Waals surface area (Å²) < 4.78 is 6.48. The normalized spacial score (nSPS) is 23.9. The van der Waals surface area contributed by atoms with E-state index in [-0.39, 0.29) is 5.60 Å². The molecule has 0 spiro atoms. The highest BCUT2D eigenvalue weighted by Crippen LogP contribution is 2.39. The predicted octanol–water partition coefficient (Wildman–Crippen LogP) is 8.46. The minimum atomic E-state index is -0.000990. The molecule has 1 aromatic carbocycles. The summed E-state index contributed by atoms with van der Waals surface area (Å²) in [5, 5.41) is 0. The van der Waals surface area contributed by atoms with Crippen molar-refractivity contribution in [3.8, 4) is 5.75 Å². The maximum absolute atomic E-state index is 6.48. The molecule has 0 amide bonds. The second kappa shape index (κ2) is 11.3. The van der Waals surface area contributed by atoms with Crippen molar-refractivity contribution < 1.29 is 4.74 Å². The van der Waals surface area contributed by atoms with Gasteiger partial charge in [-0.05, 0) is 61.5 Å². The van der Waals surface area contributed by atoms with E-state index in [1.54, 1.807) is 0 Å². The van der Waals surface area contributed by atoms with Crippen LogP contribution in [0.3, 0.4) is 0 Å². The summed E-state index contributed by atoms with van der Waals surface area (Å²) in [5.74, 6) is 4.31. The molecule has 1 aliphatic heterocycles. The molecule has 0 saturated carbocycles. The molecule has 0 N–H and O–H groups in total. The first-order valence-electron chi connectivity index (χ1n) is 12.1. The average Bonchev–Trinajstić information content (AvgIpc) is 2.62. The van der Waals surface area contributed by atoms with Crippen LogP contribution in [0.2, 0.25) is 0 Å². The van der Waals surface area contributed by atoms with Crippen molar-refractivity contribution in [2.24, 2.45) is 23.7 Å². The fraction of sp³-hybridized carbons (Fsp3) is 0.778. The molecule has 0 bridgehead atoms. The van der Waals surface area contributed by atoms with Gasteiger partial charge in [-0.2, -0.15) is 0 Å². The van der Waals surface area contributed by atoms with Crippen molar-refractivity contribution in [2.45, 2.75) is 111 Å². The summed E-state index contributed by atoms with van der Waals surface area (Å²) in [6.07, 6.45) is 13.4. The quantitative estimate of drug-likeness (QED) is 0.350. The number of rotatable bonds is 12. The van der Waals surface area contributed by atoms with Crippen LogP contribution < -0.4 is 4.74 Å². The topological polar surface area (TPSA) is 9.23 Å². The van der Waals surface area contributed by atoms with Gasteiger partial charge in [-0.1, -0.05) is 97.8 Å². The van der Waals surface area contributed by atoms with Gasteiger partial charge in [0.05, 0.1) is 0 Å². The molecule has 28 heavy (non-hydrogen) atoms. The Kier molecular flexibility index (Phi) is 9.38. The van der Waals surface area contributed by atoms with E-state index in [1.165, 1.54) is 63.4 Å². The molecule has 0 fully saturated rings. The molecular formula is C27H46O. The summed E-state index contributed by atoms with van der Waals surface area (Å²) in [6, 6.07) is 8.59. The zero-order chi connectivity index (χ0) is 20.6. The fourth-order valence-electron chi connectivity index (χ4n) is 4.75. The lowest BCUT2D eigenvalue weighted by Gasteiger charge is -2.41. The van der Waals surface area contributed by atoms with E-state index in [4.69, 9.17) is 4.74 Å². The molecule has 1 nitrogen and oxygen atoms in total. The predicted molar refractivity (Wildman–Crippen MR) is 123 cm³/mol. The van der Waals surface area contributed by atoms with Crippen LogP contribution in [0.1, 0.15) is 105 Å². The molecule has 0 aromatic heterocycles. The second-order valence-corrected chi connectivity index (χ2v) is 10.5. The Labute approximate surface area is 175 Å². The zero-order valence-corrected chi connectivity index (χ0v) is 19.6. The fourth-order valence-corrected chi connectivity index (χ4v) is 4.75. The monoisotopic (exact) mass is 386 g/mol. The lowest BCUT2D eigenvalue weighted by molar-refractivity contribution is 0.00654. The van der Waals surface area contributed by atoms with Gasteiger partial charge in [0.2, 0.25) is 0 Å². The number of para-hydroxylation sites is 1. The molecule has 1 heterocycles. The highest BCUT2D eigenvalue weighted by Gasteiger charge is 2.37. The van der Waals surface area contributed by atoms with Crippen LogP contribution in [0.4, 0.5) is 0 Å². The Hall–Kier alpha value is -0.980. The van der Waals surface area contributed by atoms with E-state index in [2.05, 4.69) is 65.8 Å². The van der Waals surface area contributed by atoms with Gasteiger partial charge in [-0.15, -0.1) is 0 Å². The van der Waals surface area contributed by atoms with Gasteiger partial charge < -0.3 is 4.74 Å². The zero-order valence-electron chi connectivity index (χ0n) is 19.6. The summed E-state index contributed by atoms with van der Waals surface area (Å²) in [7, 11) is 0. The van der Waals surface area contributed by atoms with Crippen molar-refractivity contribution in [2.75, 3.05) is 0 Å². The molecule has 0 radical (unpaired) electrons. The van der Waals surface area contributed by atoms with Gasteiger partial charge in [0.1, 0.15) is 11.4 Å². The number of hydrogen-bond donors (Lipinski definition) is 0. The number of fused-ring (bicyclic) bond motifs is 1. The first kappa shape index (κ1) is 23.3. The van der Waals surface area contributed by atoms with Gasteiger partial charge in [0, 0.05) is 0 Å². The van der Waals surface area contributed by atoms with Gasteiger partial charge in [0.25, 0.3) is 0 Å². The van der Waals surface area contributed by atoms with Crippen LogP contribution in [-0.2, 0) is 6.42 Å². The van der Waals surface area contributed by atoms with Gasteiger partial charge in [-0.3, -0.25) is 0 Å². The van der Waals surface area contributed by atoms with E-state index in [0.717, 1.165) is 29.9 Å². The molecule has 1 aliphatic rings.